The summed E-state index contributed by atoms with van der Waals surface area (Å²) in [6.45, 7) is 6.24. The maximum Gasteiger partial charge on any atom is 0.226 e. The summed E-state index contributed by atoms with van der Waals surface area (Å²) in [4.78, 5) is 31.5. The van der Waals surface area contributed by atoms with Crippen LogP contribution in [0.15, 0.2) is 28.7 Å². The number of nitrogens with one attached hydrogen (secondary N) is 1. The topological polar surface area (TPSA) is 75.4 Å². The predicted molar refractivity (Wildman–Crippen MR) is 99.2 cm³/mol. The van der Waals surface area contributed by atoms with E-state index < -0.39 is 10.8 Å². The zero-order chi connectivity index (χ0) is 19.1. The first-order valence-corrected chi connectivity index (χ1v) is 9.01. The number of oxazole rings is 1. The van der Waals surface area contributed by atoms with Crippen molar-refractivity contribution < 1.29 is 14.0 Å². The van der Waals surface area contributed by atoms with E-state index in [0.717, 1.165) is 11.9 Å². The minimum Gasteiger partial charge on any atom is -0.439 e. The molecule has 0 saturated heterocycles. The summed E-state index contributed by atoms with van der Waals surface area (Å²) >= 11 is 0. The Labute approximate surface area is 153 Å². The number of fused-ring (bicyclic) bond motifs is 1. The highest BCUT2D eigenvalue weighted by Gasteiger charge is 2.58. The lowest BCUT2D eigenvalue weighted by molar-refractivity contribution is -0.142. The Balaban J connectivity index is 1.73. The van der Waals surface area contributed by atoms with E-state index in [4.69, 9.17) is 4.42 Å². The molecule has 1 aromatic carbocycles. The molecule has 6 nitrogen and oxygen atoms in total. The molecule has 1 N–H and O–H groups in total. The van der Waals surface area contributed by atoms with E-state index in [1.807, 2.05) is 45.0 Å². The largest absolute Gasteiger partial charge is 0.439 e. The molecule has 1 heterocycles. The second-order valence-electron chi connectivity index (χ2n) is 8.14. The summed E-state index contributed by atoms with van der Waals surface area (Å²) in [6, 6.07) is 7.52. The van der Waals surface area contributed by atoms with Crippen LogP contribution in [0, 0.1) is 16.7 Å². The van der Waals surface area contributed by atoms with E-state index in [0.29, 0.717) is 17.9 Å². The number of rotatable bonds is 4. The number of carbonyl (C=O) groups is 2. The van der Waals surface area contributed by atoms with Crippen molar-refractivity contribution in [2.75, 3.05) is 14.1 Å². The van der Waals surface area contributed by atoms with Crippen LogP contribution in [0.2, 0.25) is 0 Å². The van der Waals surface area contributed by atoms with Crippen LogP contribution in [-0.2, 0) is 16.1 Å². The van der Waals surface area contributed by atoms with Crippen LogP contribution in [0.3, 0.4) is 0 Å². The van der Waals surface area contributed by atoms with Gasteiger partial charge in [0.1, 0.15) is 5.52 Å². The molecule has 1 aliphatic carbocycles. The van der Waals surface area contributed by atoms with Crippen LogP contribution < -0.4 is 5.32 Å². The Morgan fingerprint density at radius 2 is 1.96 bits per heavy atom. The third kappa shape index (κ3) is 2.87. The van der Waals surface area contributed by atoms with Gasteiger partial charge in [-0.1, -0.05) is 32.9 Å². The van der Waals surface area contributed by atoms with Crippen LogP contribution in [0.1, 0.15) is 39.5 Å². The fourth-order valence-electron chi connectivity index (χ4n) is 4.00. The molecule has 1 saturated carbocycles. The van der Waals surface area contributed by atoms with Gasteiger partial charge in [-0.05, 0) is 30.4 Å². The number of aromatic nitrogens is 1. The number of amides is 2. The molecule has 6 heteroatoms. The molecule has 0 aliphatic heterocycles. The molecule has 1 aliphatic rings. The lowest BCUT2D eigenvalue weighted by Gasteiger charge is -2.40. The highest BCUT2D eigenvalue weighted by Crippen LogP contribution is 2.56. The van der Waals surface area contributed by atoms with E-state index in [2.05, 4.69) is 10.3 Å². The molecule has 26 heavy (non-hydrogen) atoms. The minimum absolute atomic E-state index is 0.0567. The molecule has 2 atom stereocenters. The van der Waals surface area contributed by atoms with Crippen molar-refractivity contribution in [1.82, 2.24) is 15.2 Å². The summed E-state index contributed by atoms with van der Waals surface area (Å²) in [5, 5.41) is 2.97. The van der Waals surface area contributed by atoms with E-state index >= 15 is 0 Å². The van der Waals surface area contributed by atoms with Crippen LogP contribution >= 0.6 is 0 Å². The molecular weight excluding hydrogens is 330 g/mol. The summed E-state index contributed by atoms with van der Waals surface area (Å²) in [6.07, 6.45) is 1.40. The van der Waals surface area contributed by atoms with E-state index in [1.54, 1.807) is 19.0 Å². The van der Waals surface area contributed by atoms with Crippen molar-refractivity contribution in [2.45, 2.75) is 40.2 Å². The third-order valence-corrected chi connectivity index (χ3v) is 6.20. The molecule has 140 valence electrons. The Kier molecular flexibility index (Phi) is 4.54. The van der Waals surface area contributed by atoms with Crippen molar-refractivity contribution in [3.63, 3.8) is 0 Å². The number of benzene rings is 1. The van der Waals surface area contributed by atoms with Crippen LogP contribution in [0.25, 0.3) is 11.1 Å². The summed E-state index contributed by atoms with van der Waals surface area (Å²) < 4.78 is 5.67. The fourth-order valence-corrected chi connectivity index (χ4v) is 4.00. The monoisotopic (exact) mass is 357 g/mol. The Morgan fingerprint density at radius 3 is 2.62 bits per heavy atom. The first kappa shape index (κ1) is 18.4. The average molecular weight is 357 g/mol. The highest BCUT2D eigenvalue weighted by molar-refractivity contribution is 5.87. The van der Waals surface area contributed by atoms with Crippen LogP contribution in [-0.4, -0.2) is 35.8 Å². The quantitative estimate of drug-likeness (QED) is 0.913. The van der Waals surface area contributed by atoms with Crippen molar-refractivity contribution in [1.29, 1.82) is 0 Å². The molecule has 0 radical (unpaired) electrons. The first-order chi connectivity index (χ1) is 12.2. The zero-order valence-corrected chi connectivity index (χ0v) is 16.1. The van der Waals surface area contributed by atoms with Gasteiger partial charge in [-0.3, -0.25) is 9.59 Å². The maximum absolute atomic E-state index is 13.0. The molecule has 1 fully saturated rings. The smallest absolute Gasteiger partial charge is 0.226 e. The molecule has 0 bridgehead atoms. The van der Waals surface area contributed by atoms with Gasteiger partial charge in [-0.25, -0.2) is 4.98 Å². The SMILES string of the molecule is CN(C)C(=O)C1CC[C@](C)(C(=O)NCc2nc3ccccc3o2)C1(C)C. The van der Waals surface area contributed by atoms with E-state index in [1.165, 1.54) is 0 Å². The molecule has 1 unspecified atom stereocenters. The lowest BCUT2D eigenvalue weighted by atomic mass is 9.65. The summed E-state index contributed by atoms with van der Waals surface area (Å²) in [5.41, 5.74) is 0.441. The molecule has 1 aromatic heterocycles. The van der Waals surface area contributed by atoms with Crippen molar-refractivity contribution in [2.24, 2.45) is 16.7 Å². The van der Waals surface area contributed by atoms with Gasteiger partial charge in [-0.15, -0.1) is 0 Å². The molecule has 2 aromatic rings. The van der Waals surface area contributed by atoms with Gasteiger partial charge in [0.25, 0.3) is 0 Å². The van der Waals surface area contributed by atoms with Crippen molar-refractivity contribution >= 4 is 22.9 Å². The number of para-hydroxylation sites is 2. The maximum atomic E-state index is 13.0. The molecule has 0 spiro atoms. The van der Waals surface area contributed by atoms with Crippen LogP contribution in [0.5, 0.6) is 0 Å². The fraction of sp³-hybridized carbons (Fsp3) is 0.550. The number of hydrogen-bond acceptors (Lipinski definition) is 4. The number of nitrogens with zero attached hydrogens (tertiary/aromatic N) is 2. The molecule has 2 amide bonds. The van der Waals surface area contributed by atoms with Gasteiger partial charge in [-0.2, -0.15) is 0 Å². The first-order valence-electron chi connectivity index (χ1n) is 9.01. The molecule has 3 rings (SSSR count). The van der Waals surface area contributed by atoms with Gasteiger partial charge in [0.2, 0.25) is 17.7 Å². The van der Waals surface area contributed by atoms with Crippen molar-refractivity contribution in [3.05, 3.63) is 30.2 Å². The lowest BCUT2D eigenvalue weighted by Crippen LogP contribution is -2.49. The van der Waals surface area contributed by atoms with Crippen LogP contribution in [0.4, 0.5) is 0 Å². The Bertz CT molecular complexity index is 807. The van der Waals surface area contributed by atoms with Gasteiger partial charge in [0, 0.05) is 20.0 Å². The minimum atomic E-state index is -0.616. The zero-order valence-electron chi connectivity index (χ0n) is 16.1. The average Bonchev–Trinajstić information content (AvgIpc) is 3.11. The number of hydrogen-bond donors (Lipinski definition) is 1. The summed E-state index contributed by atoms with van der Waals surface area (Å²) in [5.74, 6) is 0.363. The second-order valence-corrected chi connectivity index (χ2v) is 8.14. The summed E-state index contributed by atoms with van der Waals surface area (Å²) in [7, 11) is 3.53. The standard InChI is InChI=1S/C20H27N3O3/c1-19(2)13(17(24)23(4)5)10-11-20(19,3)18(25)21-12-16-22-14-8-6-7-9-15(14)26-16/h6-9,13H,10-12H2,1-5H3,(H,21,25)/t13?,20-/m1/s1. The Morgan fingerprint density at radius 1 is 1.27 bits per heavy atom. The molecular formula is C20H27N3O3. The van der Waals surface area contributed by atoms with Gasteiger partial charge < -0.3 is 14.6 Å². The highest BCUT2D eigenvalue weighted by atomic mass is 16.3. The van der Waals surface area contributed by atoms with Gasteiger partial charge in [0.15, 0.2) is 5.58 Å². The number of carbonyl (C=O) groups excluding carboxylic acids is 2. The van der Waals surface area contributed by atoms with E-state index in [-0.39, 0.29) is 24.3 Å². The van der Waals surface area contributed by atoms with Gasteiger partial charge in [0.05, 0.1) is 12.0 Å². The van der Waals surface area contributed by atoms with Gasteiger partial charge >= 0.3 is 0 Å². The second kappa shape index (κ2) is 6.41. The Hall–Kier alpha value is -2.37. The van der Waals surface area contributed by atoms with E-state index in [9.17, 15) is 9.59 Å². The van der Waals surface area contributed by atoms with Crippen molar-refractivity contribution in [3.8, 4) is 0 Å². The predicted octanol–water partition coefficient (Wildman–Crippen LogP) is 2.97. The normalized spacial score (nSPS) is 24.6. The third-order valence-electron chi connectivity index (χ3n) is 6.20.